The van der Waals surface area contributed by atoms with E-state index in [-0.39, 0.29) is 5.91 Å². The first-order valence-corrected chi connectivity index (χ1v) is 7.67. The monoisotopic (exact) mass is 273 g/mol. The van der Waals surface area contributed by atoms with E-state index in [1.165, 1.54) is 31.2 Å². The first-order chi connectivity index (χ1) is 9.74. The van der Waals surface area contributed by atoms with Crippen molar-refractivity contribution < 1.29 is 9.53 Å². The van der Waals surface area contributed by atoms with Crippen LogP contribution in [0.2, 0.25) is 0 Å². The molecule has 3 heteroatoms. The molecule has 1 aromatic carbocycles. The van der Waals surface area contributed by atoms with Crippen LogP contribution in [0, 0.1) is 11.8 Å². The van der Waals surface area contributed by atoms with E-state index < -0.39 is 0 Å². The van der Waals surface area contributed by atoms with Gasteiger partial charge in [0.25, 0.3) is 0 Å². The van der Waals surface area contributed by atoms with E-state index in [1.807, 2.05) is 24.3 Å². The number of fused-ring (bicyclic) bond motifs is 2. The van der Waals surface area contributed by atoms with Crippen molar-refractivity contribution in [2.24, 2.45) is 11.8 Å². The van der Waals surface area contributed by atoms with Crippen LogP contribution in [0.5, 0.6) is 5.75 Å². The fraction of sp³-hybridized carbons (Fsp3) is 0.588. The highest BCUT2D eigenvalue weighted by Gasteiger charge is 2.39. The summed E-state index contributed by atoms with van der Waals surface area (Å²) in [5.74, 6) is 2.70. The molecule has 0 spiro atoms. The standard InChI is InChI=1S/C17H23NO2/c1-20-15-7-3-12(4-8-15)5-9-17(19)18-16-11-13-2-6-14(16)10-13/h3-4,7-8,13-14,16H,2,5-6,9-11H2,1H3,(H,18,19)/t13-,14-,16+/m0/s1. The number of aryl methyl sites for hydroxylation is 1. The second-order valence-electron chi connectivity index (χ2n) is 6.20. The Morgan fingerprint density at radius 3 is 2.65 bits per heavy atom. The van der Waals surface area contributed by atoms with E-state index >= 15 is 0 Å². The highest BCUT2D eigenvalue weighted by atomic mass is 16.5. The van der Waals surface area contributed by atoms with Crippen LogP contribution in [0.15, 0.2) is 24.3 Å². The number of carbonyl (C=O) groups excluding carboxylic acids is 1. The number of nitrogens with one attached hydrogen (secondary N) is 1. The van der Waals surface area contributed by atoms with Crippen molar-refractivity contribution in [2.75, 3.05) is 7.11 Å². The molecule has 0 heterocycles. The lowest BCUT2D eigenvalue weighted by molar-refractivity contribution is -0.122. The highest BCUT2D eigenvalue weighted by molar-refractivity contribution is 5.76. The van der Waals surface area contributed by atoms with Crippen LogP contribution >= 0.6 is 0 Å². The largest absolute Gasteiger partial charge is 0.497 e. The van der Waals surface area contributed by atoms with E-state index in [9.17, 15) is 4.79 Å². The summed E-state index contributed by atoms with van der Waals surface area (Å²) in [6.07, 6.45) is 6.62. The van der Waals surface area contributed by atoms with Gasteiger partial charge < -0.3 is 10.1 Å². The van der Waals surface area contributed by atoms with Crippen molar-refractivity contribution in [1.29, 1.82) is 0 Å². The second kappa shape index (κ2) is 5.86. The molecule has 1 amide bonds. The summed E-state index contributed by atoms with van der Waals surface area (Å²) in [6, 6.07) is 8.41. The zero-order valence-corrected chi connectivity index (χ0v) is 12.1. The molecule has 0 unspecified atom stereocenters. The van der Waals surface area contributed by atoms with E-state index in [0.29, 0.717) is 12.5 Å². The van der Waals surface area contributed by atoms with E-state index in [2.05, 4.69) is 5.32 Å². The van der Waals surface area contributed by atoms with Gasteiger partial charge in [-0.25, -0.2) is 0 Å². The molecule has 2 bridgehead atoms. The summed E-state index contributed by atoms with van der Waals surface area (Å²) in [4.78, 5) is 12.0. The molecule has 2 fully saturated rings. The molecule has 0 radical (unpaired) electrons. The molecule has 1 N–H and O–H groups in total. The van der Waals surface area contributed by atoms with Crippen molar-refractivity contribution in [3.63, 3.8) is 0 Å². The summed E-state index contributed by atoms with van der Waals surface area (Å²) in [7, 11) is 1.66. The van der Waals surface area contributed by atoms with Gasteiger partial charge in [0.15, 0.2) is 0 Å². The van der Waals surface area contributed by atoms with E-state index in [4.69, 9.17) is 4.74 Å². The molecule has 0 saturated heterocycles. The molecule has 3 atom stereocenters. The third-order valence-corrected chi connectivity index (χ3v) is 4.88. The van der Waals surface area contributed by atoms with Crippen LogP contribution in [0.25, 0.3) is 0 Å². The molecule has 108 valence electrons. The van der Waals surface area contributed by atoms with Crippen molar-refractivity contribution in [3.05, 3.63) is 29.8 Å². The van der Waals surface area contributed by atoms with Gasteiger partial charge in [-0.05, 0) is 55.2 Å². The Morgan fingerprint density at radius 1 is 1.25 bits per heavy atom. The quantitative estimate of drug-likeness (QED) is 0.895. The van der Waals surface area contributed by atoms with E-state index in [0.717, 1.165) is 24.0 Å². The number of amides is 1. The Morgan fingerprint density at radius 2 is 2.05 bits per heavy atom. The van der Waals surface area contributed by atoms with Crippen LogP contribution in [-0.4, -0.2) is 19.1 Å². The van der Waals surface area contributed by atoms with Gasteiger partial charge in [0.2, 0.25) is 5.91 Å². The molecular weight excluding hydrogens is 250 g/mol. The average molecular weight is 273 g/mol. The maximum absolute atomic E-state index is 12.0. The molecule has 2 aliphatic rings. The van der Waals surface area contributed by atoms with Gasteiger partial charge in [-0.2, -0.15) is 0 Å². The zero-order chi connectivity index (χ0) is 13.9. The number of ether oxygens (including phenoxy) is 1. The van der Waals surface area contributed by atoms with Crippen molar-refractivity contribution in [3.8, 4) is 5.75 Å². The molecule has 20 heavy (non-hydrogen) atoms. The minimum Gasteiger partial charge on any atom is -0.497 e. The number of hydrogen-bond acceptors (Lipinski definition) is 2. The molecule has 0 aromatic heterocycles. The van der Waals surface area contributed by atoms with Gasteiger partial charge >= 0.3 is 0 Å². The van der Waals surface area contributed by atoms with Crippen LogP contribution in [0.1, 0.15) is 37.7 Å². The normalized spacial score (nSPS) is 27.6. The van der Waals surface area contributed by atoms with Gasteiger partial charge in [-0.15, -0.1) is 0 Å². The molecule has 3 nitrogen and oxygen atoms in total. The summed E-state index contributed by atoms with van der Waals surface area (Å²) in [6.45, 7) is 0. The predicted molar refractivity (Wildman–Crippen MR) is 78.7 cm³/mol. The lowest BCUT2D eigenvalue weighted by Gasteiger charge is -2.22. The van der Waals surface area contributed by atoms with Gasteiger partial charge in [-0.3, -0.25) is 4.79 Å². The van der Waals surface area contributed by atoms with E-state index in [1.54, 1.807) is 7.11 Å². The third-order valence-electron chi connectivity index (χ3n) is 4.88. The first kappa shape index (κ1) is 13.5. The Kier molecular flexibility index (Phi) is 3.95. The summed E-state index contributed by atoms with van der Waals surface area (Å²) < 4.78 is 5.13. The van der Waals surface area contributed by atoms with Crippen LogP contribution < -0.4 is 10.1 Å². The van der Waals surface area contributed by atoms with Crippen molar-refractivity contribution in [2.45, 2.75) is 44.6 Å². The van der Waals surface area contributed by atoms with Crippen molar-refractivity contribution >= 4 is 5.91 Å². The molecular formula is C17H23NO2. The van der Waals surface area contributed by atoms with Crippen molar-refractivity contribution in [1.82, 2.24) is 5.32 Å². The number of carbonyl (C=O) groups is 1. The molecule has 2 saturated carbocycles. The lowest BCUT2D eigenvalue weighted by Crippen LogP contribution is -2.38. The number of benzene rings is 1. The minimum absolute atomic E-state index is 0.207. The molecule has 1 aromatic rings. The molecule has 0 aliphatic heterocycles. The number of methoxy groups -OCH3 is 1. The van der Waals surface area contributed by atoms with Gasteiger partial charge in [-0.1, -0.05) is 18.6 Å². The topological polar surface area (TPSA) is 38.3 Å². The second-order valence-corrected chi connectivity index (χ2v) is 6.20. The Balaban J connectivity index is 1.44. The Labute approximate surface area is 120 Å². The first-order valence-electron chi connectivity index (χ1n) is 7.67. The van der Waals surface area contributed by atoms with Crippen LogP contribution in [-0.2, 0) is 11.2 Å². The SMILES string of the molecule is COc1ccc(CCC(=O)N[C@@H]2C[C@H]3CC[C@H]2C3)cc1. The summed E-state index contributed by atoms with van der Waals surface area (Å²) in [5, 5.41) is 3.24. The third kappa shape index (κ3) is 2.97. The minimum atomic E-state index is 0.207. The molecule has 3 rings (SSSR count). The molecule has 2 aliphatic carbocycles. The van der Waals surface area contributed by atoms with Crippen LogP contribution in [0.4, 0.5) is 0 Å². The smallest absolute Gasteiger partial charge is 0.220 e. The summed E-state index contributed by atoms with van der Waals surface area (Å²) in [5.41, 5.74) is 1.19. The highest BCUT2D eigenvalue weighted by Crippen LogP contribution is 2.44. The fourth-order valence-corrected chi connectivity index (χ4v) is 3.75. The number of rotatable bonds is 5. The zero-order valence-electron chi connectivity index (χ0n) is 12.1. The van der Waals surface area contributed by atoms with Gasteiger partial charge in [0.05, 0.1) is 7.11 Å². The fourth-order valence-electron chi connectivity index (χ4n) is 3.75. The maximum atomic E-state index is 12.0. The Hall–Kier alpha value is -1.51. The maximum Gasteiger partial charge on any atom is 0.220 e. The lowest BCUT2D eigenvalue weighted by atomic mass is 9.95. The average Bonchev–Trinajstić information content (AvgIpc) is 3.08. The Bertz CT molecular complexity index is 468. The van der Waals surface area contributed by atoms with Gasteiger partial charge in [0, 0.05) is 12.5 Å². The summed E-state index contributed by atoms with van der Waals surface area (Å²) >= 11 is 0. The van der Waals surface area contributed by atoms with Gasteiger partial charge in [0.1, 0.15) is 5.75 Å². The van der Waals surface area contributed by atoms with Crippen LogP contribution in [0.3, 0.4) is 0 Å². The predicted octanol–water partition coefficient (Wildman–Crippen LogP) is 2.93. The number of hydrogen-bond donors (Lipinski definition) is 1.